The first-order valence-electron chi connectivity index (χ1n) is 8.53. The molecule has 0 aliphatic heterocycles. The molecule has 0 unspecified atom stereocenters. The highest BCUT2D eigenvalue weighted by Crippen LogP contribution is 2.26. The SMILES string of the molecule is COCC(=O)Nc1ccc(N(C)C)c(CN(C(C)=O)[C@@H](C)C(C)C)c1. The number of carbonyl (C=O) groups is 2. The van der Waals surface area contributed by atoms with E-state index in [4.69, 9.17) is 4.74 Å². The van der Waals surface area contributed by atoms with Crippen molar-refractivity contribution in [2.45, 2.75) is 40.3 Å². The molecule has 0 radical (unpaired) electrons. The fourth-order valence-corrected chi connectivity index (χ4v) is 2.64. The summed E-state index contributed by atoms with van der Waals surface area (Å²) >= 11 is 0. The van der Waals surface area contributed by atoms with E-state index in [-0.39, 0.29) is 24.5 Å². The number of anilines is 2. The molecular formula is C19H31N3O3. The maximum absolute atomic E-state index is 12.1. The molecule has 0 fully saturated rings. The van der Waals surface area contributed by atoms with Gasteiger partial charge in [0.15, 0.2) is 0 Å². The third kappa shape index (κ3) is 6.05. The van der Waals surface area contributed by atoms with Gasteiger partial charge >= 0.3 is 0 Å². The summed E-state index contributed by atoms with van der Waals surface area (Å²) < 4.78 is 4.85. The molecule has 1 N–H and O–H groups in total. The normalized spacial score (nSPS) is 12.0. The maximum Gasteiger partial charge on any atom is 0.250 e. The monoisotopic (exact) mass is 349 g/mol. The van der Waals surface area contributed by atoms with Crippen molar-refractivity contribution in [1.29, 1.82) is 0 Å². The zero-order chi connectivity index (χ0) is 19.1. The Morgan fingerprint density at radius 1 is 1.20 bits per heavy atom. The molecule has 140 valence electrons. The zero-order valence-corrected chi connectivity index (χ0v) is 16.4. The average Bonchev–Trinajstić information content (AvgIpc) is 2.51. The predicted octanol–water partition coefficient (Wildman–Crippen LogP) is 2.73. The highest BCUT2D eigenvalue weighted by Gasteiger charge is 2.21. The van der Waals surface area contributed by atoms with Crippen LogP contribution in [0, 0.1) is 5.92 Å². The highest BCUT2D eigenvalue weighted by atomic mass is 16.5. The van der Waals surface area contributed by atoms with Crippen LogP contribution in [0.4, 0.5) is 11.4 Å². The molecule has 0 saturated carbocycles. The lowest BCUT2D eigenvalue weighted by molar-refractivity contribution is -0.132. The quantitative estimate of drug-likeness (QED) is 0.784. The van der Waals surface area contributed by atoms with Gasteiger partial charge in [-0.2, -0.15) is 0 Å². The Hall–Kier alpha value is -2.08. The molecule has 2 amide bonds. The highest BCUT2D eigenvalue weighted by molar-refractivity contribution is 5.92. The van der Waals surface area contributed by atoms with Gasteiger partial charge in [-0.25, -0.2) is 0 Å². The van der Waals surface area contributed by atoms with Crippen LogP contribution in [-0.4, -0.2) is 50.6 Å². The molecule has 0 aliphatic rings. The number of amides is 2. The molecule has 0 bridgehead atoms. The van der Waals surface area contributed by atoms with Crippen LogP contribution >= 0.6 is 0 Å². The van der Waals surface area contributed by atoms with E-state index in [2.05, 4.69) is 26.1 Å². The van der Waals surface area contributed by atoms with Gasteiger partial charge in [0.05, 0.1) is 0 Å². The van der Waals surface area contributed by atoms with Crippen molar-refractivity contribution in [3.05, 3.63) is 23.8 Å². The van der Waals surface area contributed by atoms with E-state index in [1.807, 2.05) is 42.1 Å². The predicted molar refractivity (Wildman–Crippen MR) is 102 cm³/mol. The number of methoxy groups -OCH3 is 1. The standard InChI is InChI=1S/C19H31N3O3/c1-13(2)14(3)22(15(4)23)11-16-10-17(20-19(24)12-25-7)8-9-18(16)21(5)6/h8-10,13-14H,11-12H2,1-7H3,(H,20,24)/t14-/m0/s1. The van der Waals surface area contributed by atoms with E-state index < -0.39 is 0 Å². The number of nitrogens with one attached hydrogen (secondary N) is 1. The first kappa shape index (κ1) is 21.0. The number of nitrogens with zero attached hydrogens (tertiary/aromatic N) is 2. The van der Waals surface area contributed by atoms with Gasteiger partial charge in [0.1, 0.15) is 6.61 Å². The molecule has 0 spiro atoms. The Bertz CT molecular complexity index is 600. The molecule has 0 aromatic heterocycles. The second-order valence-corrected chi connectivity index (χ2v) is 6.85. The van der Waals surface area contributed by atoms with Crippen molar-refractivity contribution in [2.75, 3.05) is 38.0 Å². The van der Waals surface area contributed by atoms with Gasteiger partial charge in [-0.3, -0.25) is 9.59 Å². The van der Waals surface area contributed by atoms with E-state index in [0.29, 0.717) is 18.2 Å². The van der Waals surface area contributed by atoms with Gasteiger partial charge in [0.2, 0.25) is 11.8 Å². The minimum absolute atomic E-state index is 0.00865. The lowest BCUT2D eigenvalue weighted by Gasteiger charge is -2.32. The molecular weight excluding hydrogens is 318 g/mol. The second kappa shape index (κ2) is 9.42. The van der Waals surface area contributed by atoms with Crippen LogP contribution in [0.5, 0.6) is 0 Å². The van der Waals surface area contributed by atoms with Gasteiger partial charge in [0.25, 0.3) is 0 Å². The third-order valence-electron chi connectivity index (χ3n) is 4.32. The van der Waals surface area contributed by atoms with Crippen molar-refractivity contribution in [3.63, 3.8) is 0 Å². The van der Waals surface area contributed by atoms with Crippen molar-refractivity contribution in [3.8, 4) is 0 Å². The molecule has 6 heteroatoms. The van der Waals surface area contributed by atoms with Gasteiger partial charge in [-0.05, 0) is 36.6 Å². The summed E-state index contributed by atoms with van der Waals surface area (Å²) in [5.41, 5.74) is 2.71. The van der Waals surface area contributed by atoms with Gasteiger partial charge in [-0.15, -0.1) is 0 Å². The molecule has 1 atom stereocenters. The maximum atomic E-state index is 12.1. The van der Waals surface area contributed by atoms with Crippen LogP contribution in [0.1, 0.15) is 33.3 Å². The van der Waals surface area contributed by atoms with Gasteiger partial charge < -0.3 is 19.9 Å². The fourth-order valence-electron chi connectivity index (χ4n) is 2.64. The molecule has 1 rings (SSSR count). The van der Waals surface area contributed by atoms with Crippen molar-refractivity contribution >= 4 is 23.2 Å². The minimum Gasteiger partial charge on any atom is -0.377 e. The van der Waals surface area contributed by atoms with E-state index >= 15 is 0 Å². The number of carbonyl (C=O) groups excluding carboxylic acids is 2. The molecule has 1 aromatic carbocycles. The summed E-state index contributed by atoms with van der Waals surface area (Å²) in [7, 11) is 5.41. The van der Waals surface area contributed by atoms with E-state index in [9.17, 15) is 9.59 Å². The van der Waals surface area contributed by atoms with Crippen LogP contribution < -0.4 is 10.2 Å². The lowest BCUT2D eigenvalue weighted by Crippen LogP contribution is -2.39. The van der Waals surface area contributed by atoms with Crippen molar-refractivity contribution < 1.29 is 14.3 Å². The lowest BCUT2D eigenvalue weighted by atomic mass is 10.0. The Kier molecular flexibility index (Phi) is 7.90. The Labute approximate surface area is 151 Å². The Balaban J connectivity index is 3.15. The Morgan fingerprint density at radius 3 is 2.32 bits per heavy atom. The fraction of sp³-hybridized carbons (Fsp3) is 0.579. The second-order valence-electron chi connectivity index (χ2n) is 6.85. The van der Waals surface area contributed by atoms with Gasteiger partial charge in [-0.1, -0.05) is 13.8 Å². The number of benzene rings is 1. The minimum atomic E-state index is -0.204. The largest absolute Gasteiger partial charge is 0.377 e. The summed E-state index contributed by atoms with van der Waals surface area (Å²) in [5, 5.41) is 2.82. The summed E-state index contributed by atoms with van der Waals surface area (Å²) in [6.07, 6.45) is 0. The van der Waals surface area contributed by atoms with E-state index in [1.54, 1.807) is 6.92 Å². The van der Waals surface area contributed by atoms with E-state index in [1.165, 1.54) is 7.11 Å². The van der Waals surface area contributed by atoms with Crippen LogP contribution in [0.25, 0.3) is 0 Å². The number of hydrogen-bond acceptors (Lipinski definition) is 4. The molecule has 25 heavy (non-hydrogen) atoms. The first-order chi connectivity index (χ1) is 11.7. The summed E-state index contributed by atoms with van der Waals surface area (Å²) in [4.78, 5) is 27.8. The van der Waals surface area contributed by atoms with Crippen molar-refractivity contribution in [1.82, 2.24) is 4.90 Å². The van der Waals surface area contributed by atoms with Crippen LogP contribution in [0.3, 0.4) is 0 Å². The number of hydrogen-bond donors (Lipinski definition) is 1. The summed E-state index contributed by atoms with van der Waals surface area (Å²) in [6, 6.07) is 5.86. The first-order valence-corrected chi connectivity index (χ1v) is 8.53. The average molecular weight is 349 g/mol. The molecule has 1 aromatic rings. The van der Waals surface area contributed by atoms with Crippen LogP contribution in [-0.2, 0) is 20.9 Å². The number of ether oxygens (including phenoxy) is 1. The van der Waals surface area contributed by atoms with Crippen molar-refractivity contribution in [2.24, 2.45) is 5.92 Å². The Morgan fingerprint density at radius 2 is 1.84 bits per heavy atom. The molecule has 0 saturated heterocycles. The van der Waals surface area contributed by atoms with E-state index in [0.717, 1.165) is 11.3 Å². The van der Waals surface area contributed by atoms with Gasteiger partial charge in [0, 0.05) is 52.1 Å². The summed E-state index contributed by atoms with van der Waals surface area (Å²) in [5.74, 6) is 0.195. The van der Waals surface area contributed by atoms with Crippen LogP contribution in [0.15, 0.2) is 18.2 Å². The topological polar surface area (TPSA) is 61.9 Å². The number of rotatable bonds is 8. The molecule has 0 heterocycles. The summed E-state index contributed by atoms with van der Waals surface area (Å²) in [6.45, 7) is 8.37. The third-order valence-corrected chi connectivity index (χ3v) is 4.32. The zero-order valence-electron chi connectivity index (χ0n) is 16.4. The van der Waals surface area contributed by atoms with Crippen LogP contribution in [0.2, 0.25) is 0 Å². The molecule has 6 nitrogen and oxygen atoms in total. The molecule has 0 aliphatic carbocycles. The smallest absolute Gasteiger partial charge is 0.250 e.